The van der Waals surface area contributed by atoms with Gasteiger partial charge in [-0.2, -0.15) is 5.10 Å². The molecule has 4 heteroatoms. The molecule has 0 spiro atoms. The van der Waals surface area contributed by atoms with E-state index in [9.17, 15) is 4.79 Å². The summed E-state index contributed by atoms with van der Waals surface area (Å²) in [4.78, 5) is 12.6. The number of benzene rings is 1. The van der Waals surface area contributed by atoms with E-state index in [1.807, 2.05) is 42.5 Å². The van der Waals surface area contributed by atoms with Crippen LogP contribution in [0.2, 0.25) is 0 Å². The van der Waals surface area contributed by atoms with Gasteiger partial charge in [0.05, 0.1) is 11.4 Å². The average Bonchev–Trinajstić information content (AvgIpc) is 3.06. The molecule has 0 saturated heterocycles. The van der Waals surface area contributed by atoms with Gasteiger partial charge in [0.25, 0.3) is 0 Å². The summed E-state index contributed by atoms with van der Waals surface area (Å²) < 4.78 is 7.17. The predicted molar refractivity (Wildman–Crippen MR) is 110 cm³/mol. The zero-order chi connectivity index (χ0) is 19.6. The van der Waals surface area contributed by atoms with Gasteiger partial charge in [-0.1, -0.05) is 48.8 Å². The number of aromatic nitrogens is 2. The van der Waals surface area contributed by atoms with E-state index in [0.717, 1.165) is 37.1 Å². The third-order valence-corrected chi connectivity index (χ3v) is 4.21. The number of allylic oxidation sites excluding steroid dienone is 3. The number of esters is 1. The number of aryl methyl sites for hydroxylation is 1. The molecule has 1 aromatic heterocycles. The Balaban J connectivity index is 2.06. The first-order valence-corrected chi connectivity index (χ1v) is 9.61. The van der Waals surface area contributed by atoms with Gasteiger partial charge < -0.3 is 4.74 Å². The van der Waals surface area contributed by atoms with Crippen LogP contribution >= 0.6 is 0 Å². The number of nitrogens with zero attached hydrogens (tertiary/aromatic N) is 2. The first-order chi connectivity index (χ1) is 13.0. The molecule has 0 bridgehead atoms. The number of hydrogen-bond acceptors (Lipinski definition) is 3. The smallest absolute Gasteiger partial charge is 0.357 e. The zero-order valence-electron chi connectivity index (χ0n) is 16.9. The van der Waals surface area contributed by atoms with Crippen LogP contribution in [-0.2, 0) is 11.2 Å². The van der Waals surface area contributed by atoms with Crippen molar-refractivity contribution in [1.82, 2.24) is 9.78 Å². The van der Waals surface area contributed by atoms with Crippen LogP contribution in [0.1, 0.15) is 63.1 Å². The lowest BCUT2D eigenvalue weighted by atomic mass is 10.1. The fourth-order valence-electron chi connectivity index (χ4n) is 2.74. The SMILES string of the molecule is CCCc1cc(C(=O)OC/C=C(\C)CCC=C(C)C)n(-c2ccccc2)n1. The van der Waals surface area contributed by atoms with E-state index >= 15 is 0 Å². The standard InChI is InChI=1S/C23H30N2O2/c1-5-10-20-17-22(25(24-20)21-13-7-6-8-14-21)23(26)27-16-15-19(4)12-9-11-18(2)3/h6-8,11,13-15,17H,5,9-10,12,16H2,1-4H3/b19-15+. The van der Waals surface area contributed by atoms with Gasteiger partial charge in [0, 0.05) is 0 Å². The van der Waals surface area contributed by atoms with Gasteiger partial charge in [0.1, 0.15) is 6.61 Å². The van der Waals surface area contributed by atoms with Gasteiger partial charge in [-0.3, -0.25) is 0 Å². The Morgan fingerprint density at radius 3 is 2.56 bits per heavy atom. The first-order valence-electron chi connectivity index (χ1n) is 9.61. The van der Waals surface area contributed by atoms with Crippen molar-refractivity contribution in [3.05, 3.63) is 71.1 Å². The second-order valence-electron chi connectivity index (χ2n) is 6.99. The van der Waals surface area contributed by atoms with E-state index < -0.39 is 0 Å². The molecular formula is C23H30N2O2. The van der Waals surface area contributed by atoms with Crippen LogP contribution in [0.5, 0.6) is 0 Å². The van der Waals surface area contributed by atoms with E-state index in [1.54, 1.807) is 4.68 Å². The second kappa shape index (κ2) is 10.5. The van der Waals surface area contributed by atoms with Gasteiger partial charge in [-0.05, 0) is 64.3 Å². The molecule has 1 aromatic carbocycles. The highest BCUT2D eigenvalue weighted by Gasteiger charge is 2.17. The molecule has 2 aromatic rings. The number of para-hydroxylation sites is 1. The van der Waals surface area contributed by atoms with Crippen LogP contribution in [-0.4, -0.2) is 22.4 Å². The van der Waals surface area contributed by atoms with E-state index in [4.69, 9.17) is 4.74 Å². The summed E-state index contributed by atoms with van der Waals surface area (Å²) in [5, 5.41) is 4.59. The summed E-state index contributed by atoms with van der Waals surface area (Å²) in [6.45, 7) is 8.65. The highest BCUT2D eigenvalue weighted by Crippen LogP contribution is 2.15. The summed E-state index contributed by atoms with van der Waals surface area (Å²) >= 11 is 0. The van der Waals surface area contributed by atoms with Crippen molar-refractivity contribution in [3.63, 3.8) is 0 Å². The van der Waals surface area contributed by atoms with Crippen LogP contribution < -0.4 is 0 Å². The molecule has 0 aliphatic rings. The topological polar surface area (TPSA) is 44.1 Å². The number of rotatable bonds is 9. The molecule has 4 nitrogen and oxygen atoms in total. The summed E-state index contributed by atoms with van der Waals surface area (Å²) in [6.07, 6.45) is 8.01. The minimum absolute atomic E-state index is 0.280. The maximum atomic E-state index is 12.6. The zero-order valence-corrected chi connectivity index (χ0v) is 16.9. The maximum Gasteiger partial charge on any atom is 0.357 e. The number of carbonyl (C=O) groups is 1. The summed E-state index contributed by atoms with van der Waals surface area (Å²) in [6, 6.07) is 11.5. The molecular weight excluding hydrogens is 336 g/mol. The van der Waals surface area contributed by atoms with Crippen LogP contribution in [0.25, 0.3) is 5.69 Å². The van der Waals surface area contributed by atoms with Crippen LogP contribution in [0.15, 0.2) is 59.7 Å². The molecule has 0 aliphatic carbocycles. The highest BCUT2D eigenvalue weighted by atomic mass is 16.5. The number of ether oxygens (including phenoxy) is 1. The monoisotopic (exact) mass is 366 g/mol. The molecule has 144 valence electrons. The third kappa shape index (κ3) is 6.55. The van der Waals surface area contributed by atoms with E-state index in [-0.39, 0.29) is 12.6 Å². The Morgan fingerprint density at radius 2 is 1.89 bits per heavy atom. The Bertz CT molecular complexity index is 797. The molecule has 0 atom stereocenters. The van der Waals surface area contributed by atoms with Gasteiger partial charge in [-0.15, -0.1) is 0 Å². The lowest BCUT2D eigenvalue weighted by Crippen LogP contribution is -2.12. The first kappa shape index (κ1) is 20.7. The van der Waals surface area contributed by atoms with E-state index in [0.29, 0.717) is 5.69 Å². The van der Waals surface area contributed by atoms with Crippen LogP contribution in [0, 0.1) is 0 Å². The number of carbonyl (C=O) groups excluding carboxylic acids is 1. The van der Waals surface area contributed by atoms with Crippen molar-refractivity contribution in [3.8, 4) is 5.69 Å². The minimum Gasteiger partial charge on any atom is -0.457 e. The lowest BCUT2D eigenvalue weighted by Gasteiger charge is -2.07. The average molecular weight is 367 g/mol. The molecule has 1 heterocycles. The largest absolute Gasteiger partial charge is 0.457 e. The van der Waals surface area contributed by atoms with Crippen molar-refractivity contribution in [1.29, 1.82) is 0 Å². The summed E-state index contributed by atoms with van der Waals surface area (Å²) in [5.41, 5.74) is 4.79. The Morgan fingerprint density at radius 1 is 1.15 bits per heavy atom. The van der Waals surface area contributed by atoms with E-state index in [1.165, 1.54) is 11.1 Å². The molecule has 0 radical (unpaired) electrons. The lowest BCUT2D eigenvalue weighted by molar-refractivity contribution is 0.0538. The molecule has 0 aliphatic heterocycles. The molecule has 0 amide bonds. The van der Waals surface area contributed by atoms with Crippen molar-refractivity contribution in [2.45, 2.75) is 53.4 Å². The highest BCUT2D eigenvalue weighted by molar-refractivity contribution is 5.88. The van der Waals surface area contributed by atoms with Crippen molar-refractivity contribution in [2.75, 3.05) is 6.61 Å². The van der Waals surface area contributed by atoms with Gasteiger partial charge >= 0.3 is 5.97 Å². The molecule has 27 heavy (non-hydrogen) atoms. The summed E-state index contributed by atoms with van der Waals surface area (Å²) in [5.74, 6) is -0.345. The van der Waals surface area contributed by atoms with Gasteiger partial charge in [0.15, 0.2) is 5.69 Å². The molecule has 2 rings (SSSR count). The Hall–Kier alpha value is -2.62. The van der Waals surface area contributed by atoms with E-state index in [2.05, 4.69) is 38.9 Å². The third-order valence-electron chi connectivity index (χ3n) is 4.21. The van der Waals surface area contributed by atoms with Gasteiger partial charge in [0.2, 0.25) is 0 Å². The Kier molecular flexibility index (Phi) is 8.05. The summed E-state index contributed by atoms with van der Waals surface area (Å²) in [7, 11) is 0. The van der Waals surface area contributed by atoms with Crippen molar-refractivity contribution in [2.24, 2.45) is 0 Å². The quantitative estimate of drug-likeness (QED) is 0.424. The van der Waals surface area contributed by atoms with Crippen LogP contribution in [0.4, 0.5) is 0 Å². The molecule has 0 N–H and O–H groups in total. The minimum atomic E-state index is -0.345. The fourth-order valence-corrected chi connectivity index (χ4v) is 2.74. The van der Waals surface area contributed by atoms with Crippen molar-refractivity contribution < 1.29 is 9.53 Å². The van der Waals surface area contributed by atoms with Crippen LogP contribution in [0.3, 0.4) is 0 Å². The fraction of sp³-hybridized carbons (Fsp3) is 0.391. The number of hydrogen-bond donors (Lipinski definition) is 0. The molecule has 0 fully saturated rings. The molecule has 0 unspecified atom stereocenters. The normalized spacial score (nSPS) is 11.3. The Labute approximate surface area is 162 Å². The predicted octanol–water partition coefficient (Wildman–Crippen LogP) is 5.67. The van der Waals surface area contributed by atoms with Crippen molar-refractivity contribution >= 4 is 5.97 Å². The maximum absolute atomic E-state index is 12.6. The van der Waals surface area contributed by atoms with Gasteiger partial charge in [-0.25, -0.2) is 9.48 Å². The molecule has 0 saturated carbocycles. The second-order valence-corrected chi connectivity index (χ2v) is 6.99.